The van der Waals surface area contributed by atoms with Crippen molar-refractivity contribution in [2.45, 2.75) is 59.7 Å². The predicted molar refractivity (Wildman–Crippen MR) is 144 cm³/mol. The molecule has 1 saturated heterocycles. The fraction of sp³-hybridized carbons (Fsp3) is 0.962. The van der Waals surface area contributed by atoms with Gasteiger partial charge in [-0.05, 0) is 31.1 Å². The minimum absolute atomic E-state index is 0.00942. The number of hydrogen-bond donors (Lipinski definition) is 4. The van der Waals surface area contributed by atoms with Gasteiger partial charge in [0.05, 0.1) is 38.6 Å². The number of nitrogens with one attached hydrogen (secondary N) is 1. The second kappa shape index (κ2) is 18.6. The van der Waals surface area contributed by atoms with Crippen LogP contribution in [0.15, 0.2) is 4.99 Å². The summed E-state index contributed by atoms with van der Waals surface area (Å²) in [4.78, 5) is 9.46. The Morgan fingerprint density at radius 3 is 2.37 bits per heavy atom. The van der Waals surface area contributed by atoms with Crippen molar-refractivity contribution in [1.82, 2.24) is 15.1 Å². The predicted octanol–water partition coefficient (Wildman–Crippen LogP) is 0.831. The summed E-state index contributed by atoms with van der Waals surface area (Å²) in [5.41, 5.74) is 6.64. The third-order valence-electron chi connectivity index (χ3n) is 7.02. The molecule has 35 heavy (non-hydrogen) atoms. The number of ether oxygens (including phenoxy) is 2. The molecule has 0 aromatic rings. The molecule has 5 N–H and O–H groups in total. The van der Waals surface area contributed by atoms with Crippen molar-refractivity contribution < 1.29 is 19.7 Å². The lowest BCUT2D eigenvalue weighted by Gasteiger charge is -2.35. The first-order chi connectivity index (χ1) is 16.7. The Kier molecular flexibility index (Phi) is 17.2. The zero-order valence-electron chi connectivity index (χ0n) is 23.2. The van der Waals surface area contributed by atoms with E-state index in [1.54, 1.807) is 0 Å². The average molecular weight is 502 g/mol. The van der Waals surface area contributed by atoms with E-state index in [0.717, 1.165) is 52.1 Å². The third-order valence-corrected chi connectivity index (χ3v) is 7.02. The molecule has 0 aliphatic carbocycles. The summed E-state index contributed by atoms with van der Waals surface area (Å²) in [6, 6.07) is 0. The van der Waals surface area contributed by atoms with E-state index in [0.29, 0.717) is 58.5 Å². The fourth-order valence-electron chi connectivity index (χ4n) is 3.86. The Labute approximate surface area is 214 Å². The Balaban J connectivity index is 2.17. The highest BCUT2D eigenvalue weighted by Gasteiger charge is 2.24. The van der Waals surface area contributed by atoms with Crippen LogP contribution in [0.3, 0.4) is 0 Å². The highest BCUT2D eigenvalue weighted by atomic mass is 16.5. The van der Waals surface area contributed by atoms with Gasteiger partial charge in [-0.15, -0.1) is 0 Å². The molecule has 3 atom stereocenters. The lowest BCUT2D eigenvalue weighted by Crippen LogP contribution is -2.49. The summed E-state index contributed by atoms with van der Waals surface area (Å²) < 4.78 is 11.6. The van der Waals surface area contributed by atoms with E-state index in [4.69, 9.17) is 15.2 Å². The zero-order valence-corrected chi connectivity index (χ0v) is 23.2. The van der Waals surface area contributed by atoms with Crippen LogP contribution in [0.5, 0.6) is 0 Å². The molecule has 208 valence electrons. The molecule has 1 aliphatic heterocycles. The molecule has 0 radical (unpaired) electrons. The molecule has 0 amide bonds. The maximum atomic E-state index is 10.5. The van der Waals surface area contributed by atoms with Crippen molar-refractivity contribution in [3.63, 3.8) is 0 Å². The van der Waals surface area contributed by atoms with Crippen LogP contribution in [-0.4, -0.2) is 130 Å². The quantitative estimate of drug-likeness (QED) is 0.143. The second-order valence-electron chi connectivity index (χ2n) is 10.6. The van der Waals surface area contributed by atoms with E-state index >= 15 is 0 Å². The Hall–Kier alpha value is -0.650. The van der Waals surface area contributed by atoms with E-state index in [1.165, 1.54) is 5.71 Å². The molecule has 9 nitrogen and oxygen atoms in total. The minimum Gasteiger partial charge on any atom is -0.389 e. The first-order valence-electron chi connectivity index (χ1n) is 13.6. The maximum absolute atomic E-state index is 10.5. The summed E-state index contributed by atoms with van der Waals surface area (Å²) in [6.07, 6.45) is 0.819. The summed E-state index contributed by atoms with van der Waals surface area (Å²) in [5.74, 6) is 0.521. The lowest BCUT2D eigenvalue weighted by atomic mass is 9.85. The number of aliphatic hydroxyl groups is 2. The number of hydrogen-bond acceptors (Lipinski definition) is 9. The smallest absolute Gasteiger partial charge is 0.0900 e. The van der Waals surface area contributed by atoms with Gasteiger partial charge in [0.1, 0.15) is 0 Å². The minimum atomic E-state index is -0.523. The van der Waals surface area contributed by atoms with Gasteiger partial charge in [0.15, 0.2) is 0 Å². The molecule has 3 unspecified atom stereocenters. The maximum Gasteiger partial charge on any atom is 0.0900 e. The van der Waals surface area contributed by atoms with Gasteiger partial charge in [-0.3, -0.25) is 14.8 Å². The Morgan fingerprint density at radius 2 is 1.74 bits per heavy atom. The number of aliphatic imine (C=N–C) groups is 1. The van der Waals surface area contributed by atoms with Crippen LogP contribution >= 0.6 is 0 Å². The Morgan fingerprint density at radius 1 is 1.09 bits per heavy atom. The topological polar surface area (TPSA) is 116 Å². The molecule has 0 bridgehead atoms. The molecule has 1 aliphatic rings. The van der Waals surface area contributed by atoms with Crippen LogP contribution in [0.25, 0.3) is 0 Å². The zero-order chi connectivity index (χ0) is 26.1. The van der Waals surface area contributed by atoms with Crippen LogP contribution in [0.2, 0.25) is 0 Å². The molecule has 0 aromatic carbocycles. The van der Waals surface area contributed by atoms with Gasteiger partial charge in [0.25, 0.3) is 0 Å². The van der Waals surface area contributed by atoms with Crippen LogP contribution < -0.4 is 11.1 Å². The first kappa shape index (κ1) is 32.4. The molecule has 0 aromatic heterocycles. The van der Waals surface area contributed by atoms with Gasteiger partial charge >= 0.3 is 0 Å². The number of β-amino-alcohol motifs (C(OH)–C–C–N with tert-alkyl or cyclic N) is 1. The fourth-order valence-corrected chi connectivity index (χ4v) is 3.86. The molecule has 1 rings (SSSR count). The summed E-state index contributed by atoms with van der Waals surface area (Å²) in [5, 5.41) is 23.5. The van der Waals surface area contributed by atoms with Gasteiger partial charge in [0.2, 0.25) is 0 Å². The molecule has 1 heterocycles. The highest BCUT2D eigenvalue weighted by Crippen LogP contribution is 2.26. The Bertz CT molecular complexity index is 558. The van der Waals surface area contributed by atoms with Crippen molar-refractivity contribution in [3.05, 3.63) is 0 Å². The molecular weight excluding hydrogens is 446 g/mol. The van der Waals surface area contributed by atoms with E-state index in [9.17, 15) is 10.2 Å². The lowest BCUT2D eigenvalue weighted by molar-refractivity contribution is -0.0329. The monoisotopic (exact) mass is 501 g/mol. The van der Waals surface area contributed by atoms with Crippen molar-refractivity contribution in [1.29, 1.82) is 0 Å². The third kappa shape index (κ3) is 15.3. The highest BCUT2D eigenvalue weighted by molar-refractivity contribution is 5.83. The number of rotatable bonds is 20. The summed E-state index contributed by atoms with van der Waals surface area (Å²) in [7, 11) is 0. The van der Waals surface area contributed by atoms with Crippen LogP contribution in [0, 0.1) is 11.3 Å². The van der Waals surface area contributed by atoms with E-state index < -0.39 is 12.2 Å². The largest absolute Gasteiger partial charge is 0.389 e. The van der Waals surface area contributed by atoms with Gasteiger partial charge in [-0.2, -0.15) is 0 Å². The van der Waals surface area contributed by atoms with Gasteiger partial charge < -0.3 is 30.7 Å². The summed E-state index contributed by atoms with van der Waals surface area (Å²) >= 11 is 0. The standard InChI is InChI=1S/C26H55N5O4/c1-6-26(5,7-16-34-19-24(32)17-28-9-8-27)21-35-20-25(33)18-31-14-12-30(13-15-31)11-10-29-23(4)22(2)3/h22,24-25,28,32-33H,6-21,27H2,1-5H3. The first-order valence-corrected chi connectivity index (χ1v) is 13.6. The van der Waals surface area contributed by atoms with Crippen molar-refractivity contribution in [3.8, 4) is 0 Å². The van der Waals surface area contributed by atoms with E-state index in [2.05, 4.69) is 54.7 Å². The molecular formula is C26H55N5O4. The van der Waals surface area contributed by atoms with Gasteiger partial charge in [-0.25, -0.2) is 0 Å². The molecule has 1 fully saturated rings. The van der Waals surface area contributed by atoms with Crippen molar-refractivity contribution in [2.24, 2.45) is 22.1 Å². The van der Waals surface area contributed by atoms with E-state index in [1.807, 2.05) is 0 Å². The number of nitrogens with zero attached hydrogens (tertiary/aromatic N) is 3. The molecule has 0 saturated carbocycles. The second-order valence-corrected chi connectivity index (χ2v) is 10.6. The van der Waals surface area contributed by atoms with Crippen molar-refractivity contribution in [2.75, 3.05) is 91.9 Å². The molecule has 0 spiro atoms. The van der Waals surface area contributed by atoms with Gasteiger partial charge in [0, 0.05) is 71.2 Å². The van der Waals surface area contributed by atoms with Crippen LogP contribution in [-0.2, 0) is 9.47 Å². The van der Waals surface area contributed by atoms with Gasteiger partial charge in [-0.1, -0.05) is 27.7 Å². The molecule has 9 heteroatoms. The van der Waals surface area contributed by atoms with Crippen molar-refractivity contribution >= 4 is 5.71 Å². The summed E-state index contributed by atoms with van der Waals surface area (Å²) in [6.45, 7) is 20.9. The normalized spacial score (nSPS) is 19.7. The van der Waals surface area contributed by atoms with Crippen LogP contribution in [0.4, 0.5) is 0 Å². The number of piperazine rings is 1. The average Bonchev–Trinajstić information content (AvgIpc) is 2.83. The van der Waals surface area contributed by atoms with E-state index in [-0.39, 0.29) is 5.41 Å². The number of aliphatic hydroxyl groups excluding tert-OH is 2. The van der Waals surface area contributed by atoms with Crippen LogP contribution in [0.1, 0.15) is 47.5 Å². The SMILES string of the molecule is CCC(C)(CCOCC(O)CNCCN)COCC(O)CN1CCN(CCN=C(C)C(C)C)CC1. The number of nitrogens with two attached hydrogens (primary N) is 1.